The van der Waals surface area contributed by atoms with Crippen LogP contribution in [0.1, 0.15) is 122 Å². The van der Waals surface area contributed by atoms with Crippen LogP contribution >= 0.6 is 0 Å². The van der Waals surface area contributed by atoms with Crippen LogP contribution in [0.3, 0.4) is 0 Å². The molecule has 0 aromatic rings. The number of nitrogens with one attached hydrogen (secondary N) is 3. The second-order valence-corrected chi connectivity index (χ2v) is 20.9. The number of rotatable bonds is 20. The lowest BCUT2D eigenvalue weighted by molar-refractivity contribution is -0.157. The molecular weight excluding hydrogens is 898 g/mol. The summed E-state index contributed by atoms with van der Waals surface area (Å²) >= 11 is 0. The third-order valence-corrected chi connectivity index (χ3v) is 12.9. The molecule has 0 aliphatic heterocycles. The highest BCUT2D eigenvalue weighted by atomic mass is 32.2. The van der Waals surface area contributed by atoms with Crippen molar-refractivity contribution in [1.29, 1.82) is 0 Å². The largest absolute Gasteiger partial charge is 0.511 e. The SMILES string of the molecule is CCC(C)(C)C(=O)OCC(C)(C)NS(=O)(=O)C(F)(F)F.CCC(C)(C)C(=O)OCCNS(=O)(=O)C(F)(F)F.CCC(CC)(COC(=O)C(C)(C)CC)NS(=O)(=O)C(F)(F)F. The van der Waals surface area contributed by atoms with Crippen molar-refractivity contribution in [3.63, 3.8) is 0 Å². The second kappa shape index (κ2) is 22.7. The van der Waals surface area contributed by atoms with Crippen molar-refractivity contribution in [3.8, 4) is 0 Å². The molecule has 15 nitrogen and oxygen atoms in total. The molecule has 0 aliphatic carbocycles. The summed E-state index contributed by atoms with van der Waals surface area (Å²) < 4.78 is 195. The van der Waals surface area contributed by atoms with Gasteiger partial charge in [0.2, 0.25) is 0 Å². The third-order valence-electron chi connectivity index (χ3n) is 9.01. The summed E-state index contributed by atoms with van der Waals surface area (Å²) in [4.78, 5) is 35.0. The number of ether oxygens (including phenoxy) is 3. The van der Waals surface area contributed by atoms with Crippen molar-refractivity contribution in [2.75, 3.05) is 26.4 Å². The summed E-state index contributed by atoms with van der Waals surface area (Å²) in [7, 11) is -16.4. The number of carbonyl (C=O) groups excluding carboxylic acids is 3. The van der Waals surface area contributed by atoms with Gasteiger partial charge in [-0.05, 0) is 87.5 Å². The summed E-state index contributed by atoms with van der Waals surface area (Å²) in [6.45, 7) is 18.5. The van der Waals surface area contributed by atoms with Crippen molar-refractivity contribution < 1.29 is 93.4 Å². The van der Waals surface area contributed by atoms with E-state index in [2.05, 4.69) is 4.74 Å². The Morgan fingerprint density at radius 2 is 0.750 bits per heavy atom. The third kappa shape index (κ3) is 20.6. The van der Waals surface area contributed by atoms with Gasteiger partial charge in [0.15, 0.2) is 0 Å². The van der Waals surface area contributed by atoms with Crippen molar-refractivity contribution >= 4 is 48.0 Å². The normalized spacial score (nSPS) is 13.9. The highest BCUT2D eigenvalue weighted by Crippen LogP contribution is 2.29. The maximum atomic E-state index is 12.5. The van der Waals surface area contributed by atoms with Crippen molar-refractivity contribution in [2.24, 2.45) is 16.2 Å². The predicted molar refractivity (Wildman–Crippen MR) is 202 cm³/mol. The first-order valence-electron chi connectivity index (χ1n) is 18.1. The quantitative estimate of drug-likeness (QED) is 0.0512. The Hall–Kier alpha value is -2.49. The van der Waals surface area contributed by atoms with Crippen LogP contribution in [0.15, 0.2) is 0 Å². The molecule has 0 saturated carbocycles. The van der Waals surface area contributed by atoms with Crippen LogP contribution in [-0.2, 0) is 58.7 Å². The summed E-state index contributed by atoms with van der Waals surface area (Å²) in [5.74, 6) is -1.76. The van der Waals surface area contributed by atoms with Gasteiger partial charge in [-0.15, -0.1) is 0 Å². The first-order valence-corrected chi connectivity index (χ1v) is 22.6. The lowest BCUT2D eigenvalue weighted by atomic mass is 9.90. The Kier molecular flexibility index (Phi) is 23.4. The fourth-order valence-corrected chi connectivity index (χ4v) is 5.74. The van der Waals surface area contributed by atoms with Gasteiger partial charge in [-0.1, -0.05) is 34.6 Å². The molecule has 60 heavy (non-hydrogen) atoms. The van der Waals surface area contributed by atoms with Crippen LogP contribution in [-0.4, -0.2) is 97.1 Å². The second-order valence-electron chi connectivity index (χ2n) is 15.8. The summed E-state index contributed by atoms with van der Waals surface area (Å²) in [6, 6.07) is 0. The Morgan fingerprint density at radius 1 is 0.450 bits per heavy atom. The van der Waals surface area contributed by atoms with Crippen LogP contribution < -0.4 is 14.2 Å². The van der Waals surface area contributed by atoms with E-state index < -0.39 is 118 Å². The monoisotopic (exact) mass is 957 g/mol. The van der Waals surface area contributed by atoms with Crippen LogP contribution in [0, 0.1) is 16.2 Å². The minimum absolute atomic E-state index is 0.0542. The van der Waals surface area contributed by atoms with E-state index in [4.69, 9.17) is 9.47 Å². The van der Waals surface area contributed by atoms with Crippen LogP contribution in [0.4, 0.5) is 39.5 Å². The maximum Gasteiger partial charge on any atom is 0.511 e. The molecule has 0 bridgehead atoms. The zero-order valence-electron chi connectivity index (χ0n) is 35.9. The molecule has 0 radical (unpaired) electrons. The van der Waals surface area contributed by atoms with E-state index in [-0.39, 0.29) is 12.8 Å². The van der Waals surface area contributed by atoms with E-state index in [1.807, 2.05) is 0 Å². The first kappa shape index (κ1) is 61.8. The number of esters is 3. The van der Waals surface area contributed by atoms with E-state index >= 15 is 0 Å². The molecule has 0 atom stereocenters. The fourth-order valence-electron chi connectivity index (χ4n) is 3.29. The molecule has 0 spiro atoms. The minimum atomic E-state index is -5.51. The maximum absolute atomic E-state index is 12.5. The van der Waals surface area contributed by atoms with E-state index in [1.165, 1.54) is 37.1 Å². The minimum Gasteiger partial charge on any atom is -0.464 e. The topological polar surface area (TPSA) is 217 Å². The van der Waals surface area contributed by atoms with Gasteiger partial charge in [0.25, 0.3) is 0 Å². The molecule has 0 aliphatic rings. The molecule has 0 rings (SSSR count). The van der Waals surface area contributed by atoms with Gasteiger partial charge in [-0.2, -0.15) is 49.0 Å². The summed E-state index contributed by atoms with van der Waals surface area (Å²) in [6.07, 6.45) is 1.59. The number of alkyl halides is 9. The van der Waals surface area contributed by atoms with Gasteiger partial charge >= 0.3 is 64.5 Å². The highest BCUT2D eigenvalue weighted by Gasteiger charge is 2.51. The Bertz CT molecular complexity index is 1720. The Labute approximate surface area is 347 Å². The van der Waals surface area contributed by atoms with E-state index in [1.54, 1.807) is 67.0 Å². The zero-order chi connectivity index (χ0) is 48.8. The first-order chi connectivity index (χ1) is 26.4. The van der Waals surface area contributed by atoms with Gasteiger partial charge in [-0.25, -0.2) is 30.0 Å². The molecule has 0 unspecified atom stereocenters. The van der Waals surface area contributed by atoms with Gasteiger partial charge in [0.05, 0.1) is 27.3 Å². The van der Waals surface area contributed by atoms with Crippen molar-refractivity contribution in [3.05, 3.63) is 0 Å². The van der Waals surface area contributed by atoms with Gasteiger partial charge in [-0.3, -0.25) is 14.4 Å². The molecule has 0 amide bonds. The standard InChI is InChI=1S/C13H24F3NO4S.C11H20F3NO4S.C9H16F3NO4S/c1-6-11(4,5)10(18)21-9-12(7-2,8-3)17-22(19,20)13(14,15)16;1-6-9(2,3)8(16)19-7-10(4,5)15-20(17,18)11(12,13)14;1-4-8(2,3)7(14)17-6-5-13-18(15,16)9(10,11)12/h17H,6-9H2,1-5H3;15H,6-7H2,1-5H3;13H,4-6H2,1-3H3. The average molecular weight is 958 g/mol. The molecular formula is C33H60F9N3O12S3. The van der Waals surface area contributed by atoms with E-state index in [0.29, 0.717) is 19.3 Å². The van der Waals surface area contributed by atoms with Crippen LogP contribution in [0.25, 0.3) is 0 Å². The summed E-state index contributed by atoms with van der Waals surface area (Å²) in [5.41, 5.74) is -21.5. The van der Waals surface area contributed by atoms with Crippen LogP contribution in [0.2, 0.25) is 0 Å². The number of hydrogen-bond acceptors (Lipinski definition) is 12. The Morgan fingerprint density at radius 3 is 1.05 bits per heavy atom. The molecule has 0 aromatic heterocycles. The van der Waals surface area contributed by atoms with Gasteiger partial charge in [0.1, 0.15) is 19.8 Å². The van der Waals surface area contributed by atoms with Crippen LogP contribution in [0.5, 0.6) is 0 Å². The molecule has 3 N–H and O–H groups in total. The molecule has 0 aromatic carbocycles. The fraction of sp³-hybridized carbons (Fsp3) is 0.909. The van der Waals surface area contributed by atoms with Gasteiger partial charge in [0, 0.05) is 6.54 Å². The lowest BCUT2D eigenvalue weighted by Crippen LogP contribution is -2.55. The van der Waals surface area contributed by atoms with Crippen molar-refractivity contribution in [1.82, 2.24) is 14.2 Å². The van der Waals surface area contributed by atoms with Crippen molar-refractivity contribution in [2.45, 2.75) is 150 Å². The molecule has 27 heteroatoms. The molecule has 0 heterocycles. The average Bonchev–Trinajstić information content (AvgIpc) is 3.09. The van der Waals surface area contributed by atoms with E-state index in [9.17, 15) is 79.2 Å². The molecule has 360 valence electrons. The zero-order valence-corrected chi connectivity index (χ0v) is 38.3. The highest BCUT2D eigenvalue weighted by molar-refractivity contribution is 7.90. The number of sulfonamides is 3. The van der Waals surface area contributed by atoms with Gasteiger partial charge < -0.3 is 14.2 Å². The molecule has 0 fully saturated rings. The lowest BCUT2D eigenvalue weighted by Gasteiger charge is -2.33. The number of hydrogen-bond donors (Lipinski definition) is 3. The van der Waals surface area contributed by atoms with E-state index in [0.717, 1.165) is 0 Å². The molecule has 0 saturated heterocycles. The Balaban J connectivity index is -0.000000816. The predicted octanol–water partition coefficient (Wildman–Crippen LogP) is 6.55. The number of carbonyl (C=O) groups is 3. The summed E-state index contributed by atoms with van der Waals surface area (Å²) in [5, 5.41) is 0. The number of halogens is 9. The smallest absolute Gasteiger partial charge is 0.464 e.